The number of aryl methyl sites for hydroxylation is 2. The minimum Gasteiger partial charge on any atom is -0.361 e. The second-order valence-corrected chi connectivity index (χ2v) is 8.48. The van der Waals surface area contributed by atoms with Crippen molar-refractivity contribution < 1.29 is 17.7 Å². The molecule has 0 bridgehead atoms. The lowest BCUT2D eigenvalue weighted by Gasteiger charge is -2.30. The zero-order chi connectivity index (χ0) is 19.7. The lowest BCUT2D eigenvalue weighted by Crippen LogP contribution is -2.35. The van der Waals surface area contributed by atoms with E-state index in [1.807, 2.05) is 6.07 Å². The van der Waals surface area contributed by atoms with Gasteiger partial charge in [0.25, 0.3) is 15.9 Å². The van der Waals surface area contributed by atoms with E-state index in [1.165, 1.54) is 4.31 Å². The number of fused-ring (bicyclic) bond motifs is 1. The van der Waals surface area contributed by atoms with Gasteiger partial charge in [-0.25, -0.2) is 8.42 Å². The number of nitrogens with one attached hydrogen (secondary N) is 1. The first-order valence-electron chi connectivity index (χ1n) is 8.90. The maximum absolute atomic E-state index is 13.0. The van der Waals surface area contributed by atoms with Crippen LogP contribution in [0.15, 0.2) is 64.0 Å². The Labute approximate surface area is 163 Å². The van der Waals surface area contributed by atoms with Crippen molar-refractivity contribution in [3.8, 4) is 0 Å². The maximum Gasteiger partial charge on any atom is 0.277 e. The fourth-order valence-corrected chi connectivity index (χ4v) is 4.84. The molecule has 4 rings (SSSR count). The Bertz CT molecular complexity index is 1120. The van der Waals surface area contributed by atoms with Gasteiger partial charge < -0.3 is 9.84 Å². The van der Waals surface area contributed by atoms with Gasteiger partial charge in [0.05, 0.1) is 10.6 Å². The Hall–Kier alpha value is -3.13. The molecule has 0 spiro atoms. The summed E-state index contributed by atoms with van der Waals surface area (Å²) in [6.07, 6.45) is 1.45. The zero-order valence-corrected chi connectivity index (χ0v) is 16.1. The summed E-state index contributed by atoms with van der Waals surface area (Å²) in [6, 6.07) is 15.2. The fourth-order valence-electron chi connectivity index (χ4n) is 3.28. The fraction of sp³-hybridized carbons (Fsp3) is 0.200. The highest BCUT2D eigenvalue weighted by Gasteiger charge is 2.29. The highest BCUT2D eigenvalue weighted by Crippen LogP contribution is 2.33. The van der Waals surface area contributed by atoms with E-state index in [0.717, 1.165) is 12.0 Å². The minimum absolute atomic E-state index is 0.198. The van der Waals surface area contributed by atoms with Crippen molar-refractivity contribution >= 4 is 27.3 Å². The van der Waals surface area contributed by atoms with Crippen LogP contribution in [0.2, 0.25) is 0 Å². The summed E-state index contributed by atoms with van der Waals surface area (Å²) in [6.45, 7) is 2.14. The van der Waals surface area contributed by atoms with Gasteiger partial charge in [-0.2, -0.15) is 0 Å². The number of hydrogen-bond donors (Lipinski definition) is 1. The lowest BCUT2D eigenvalue weighted by atomic mass is 10.0. The SMILES string of the molecule is Cc1cc(C(=O)Nc2ccc3c(c2)CCCN3S(=O)(=O)c2ccccc2)no1. The molecule has 8 heteroatoms. The number of amides is 1. The summed E-state index contributed by atoms with van der Waals surface area (Å²) in [5.74, 6) is 0.179. The second kappa shape index (κ2) is 7.12. The van der Waals surface area contributed by atoms with Crippen LogP contribution >= 0.6 is 0 Å². The molecule has 7 nitrogen and oxygen atoms in total. The van der Waals surface area contributed by atoms with E-state index in [9.17, 15) is 13.2 Å². The molecule has 1 aromatic heterocycles. The summed E-state index contributed by atoms with van der Waals surface area (Å²) in [7, 11) is -3.63. The predicted molar refractivity (Wildman–Crippen MR) is 105 cm³/mol. The molecule has 2 heterocycles. The summed E-state index contributed by atoms with van der Waals surface area (Å²) < 4.78 is 32.4. The van der Waals surface area contributed by atoms with Gasteiger partial charge >= 0.3 is 0 Å². The highest BCUT2D eigenvalue weighted by atomic mass is 32.2. The summed E-state index contributed by atoms with van der Waals surface area (Å²) in [4.78, 5) is 12.5. The van der Waals surface area contributed by atoms with E-state index in [0.29, 0.717) is 30.1 Å². The summed E-state index contributed by atoms with van der Waals surface area (Å²) in [5, 5.41) is 6.48. The molecule has 0 unspecified atom stereocenters. The van der Waals surface area contributed by atoms with Crippen molar-refractivity contribution in [2.24, 2.45) is 0 Å². The quantitative estimate of drug-likeness (QED) is 0.729. The van der Waals surface area contributed by atoms with Gasteiger partial charge in [0.2, 0.25) is 0 Å². The molecule has 0 saturated heterocycles. The average Bonchev–Trinajstić information content (AvgIpc) is 3.14. The molecular formula is C20H19N3O4S. The monoisotopic (exact) mass is 397 g/mol. The van der Waals surface area contributed by atoms with E-state index in [2.05, 4.69) is 10.5 Å². The molecular weight excluding hydrogens is 378 g/mol. The van der Waals surface area contributed by atoms with E-state index in [4.69, 9.17) is 4.52 Å². The number of nitrogens with zero attached hydrogens (tertiary/aromatic N) is 2. The number of benzene rings is 2. The van der Waals surface area contributed by atoms with Crippen LogP contribution in [-0.2, 0) is 16.4 Å². The number of rotatable bonds is 4. The van der Waals surface area contributed by atoms with Crippen LogP contribution in [0.5, 0.6) is 0 Å². The van der Waals surface area contributed by atoms with Gasteiger partial charge in [-0.15, -0.1) is 0 Å². The van der Waals surface area contributed by atoms with E-state index >= 15 is 0 Å². The molecule has 3 aromatic rings. The third kappa shape index (κ3) is 3.38. The Morgan fingerprint density at radius 3 is 2.64 bits per heavy atom. The summed E-state index contributed by atoms with van der Waals surface area (Å²) in [5.41, 5.74) is 2.30. The largest absolute Gasteiger partial charge is 0.361 e. The maximum atomic E-state index is 13.0. The standard InChI is InChI=1S/C20H19N3O4S/c1-14-12-18(22-27-14)20(24)21-16-9-10-19-15(13-16)6-5-11-23(19)28(25,26)17-7-3-2-4-8-17/h2-4,7-10,12-13H,5-6,11H2,1H3,(H,21,24). The molecule has 144 valence electrons. The Morgan fingerprint density at radius 2 is 1.93 bits per heavy atom. The average molecular weight is 397 g/mol. The van der Waals surface area contributed by atoms with Crippen LogP contribution in [0.4, 0.5) is 11.4 Å². The van der Waals surface area contributed by atoms with Crippen LogP contribution in [0, 0.1) is 6.92 Å². The number of carbonyl (C=O) groups excluding carboxylic acids is 1. The first-order chi connectivity index (χ1) is 13.4. The molecule has 2 aromatic carbocycles. The number of sulfonamides is 1. The molecule has 1 amide bonds. The van der Waals surface area contributed by atoms with Gasteiger partial charge in [-0.1, -0.05) is 23.4 Å². The van der Waals surface area contributed by atoms with Crippen LogP contribution in [-0.4, -0.2) is 26.0 Å². The van der Waals surface area contributed by atoms with E-state index in [-0.39, 0.29) is 16.5 Å². The Morgan fingerprint density at radius 1 is 1.14 bits per heavy atom. The molecule has 1 N–H and O–H groups in total. The van der Waals surface area contributed by atoms with Gasteiger partial charge in [0.15, 0.2) is 5.69 Å². The number of carbonyl (C=O) groups is 1. The van der Waals surface area contributed by atoms with Crippen molar-refractivity contribution in [3.63, 3.8) is 0 Å². The minimum atomic E-state index is -3.63. The normalized spacial score (nSPS) is 13.8. The van der Waals surface area contributed by atoms with E-state index < -0.39 is 10.0 Å². The molecule has 0 atom stereocenters. The lowest BCUT2D eigenvalue weighted by molar-refractivity contribution is 0.101. The molecule has 1 aliphatic rings. The Kier molecular flexibility index (Phi) is 4.64. The number of aromatic nitrogens is 1. The third-order valence-electron chi connectivity index (χ3n) is 4.61. The van der Waals surface area contributed by atoms with E-state index in [1.54, 1.807) is 55.5 Å². The molecule has 0 saturated carbocycles. The topological polar surface area (TPSA) is 92.5 Å². The third-order valence-corrected chi connectivity index (χ3v) is 6.43. The van der Waals surface area contributed by atoms with Crippen LogP contribution < -0.4 is 9.62 Å². The first-order valence-corrected chi connectivity index (χ1v) is 10.3. The Balaban J connectivity index is 1.62. The number of hydrogen-bond acceptors (Lipinski definition) is 5. The molecule has 0 fully saturated rings. The van der Waals surface area contributed by atoms with Crippen molar-refractivity contribution in [1.82, 2.24) is 5.16 Å². The zero-order valence-electron chi connectivity index (χ0n) is 15.3. The van der Waals surface area contributed by atoms with Gasteiger partial charge in [-0.3, -0.25) is 9.10 Å². The first kappa shape index (κ1) is 18.2. The highest BCUT2D eigenvalue weighted by molar-refractivity contribution is 7.92. The van der Waals surface area contributed by atoms with Gasteiger partial charge in [0, 0.05) is 18.3 Å². The molecule has 1 aliphatic heterocycles. The van der Waals surface area contributed by atoms with Crippen LogP contribution in [0.3, 0.4) is 0 Å². The predicted octanol–water partition coefficient (Wildman–Crippen LogP) is 3.38. The van der Waals surface area contributed by atoms with Crippen molar-refractivity contribution in [2.45, 2.75) is 24.7 Å². The van der Waals surface area contributed by atoms with Crippen molar-refractivity contribution in [1.29, 1.82) is 0 Å². The van der Waals surface area contributed by atoms with Crippen LogP contribution in [0.25, 0.3) is 0 Å². The van der Waals surface area contributed by atoms with Crippen molar-refractivity contribution in [2.75, 3.05) is 16.2 Å². The molecule has 0 radical (unpaired) electrons. The van der Waals surface area contributed by atoms with Gasteiger partial charge in [-0.05, 0) is 55.7 Å². The summed E-state index contributed by atoms with van der Waals surface area (Å²) >= 11 is 0. The van der Waals surface area contributed by atoms with Gasteiger partial charge in [0.1, 0.15) is 5.76 Å². The molecule has 28 heavy (non-hydrogen) atoms. The number of anilines is 2. The molecule has 0 aliphatic carbocycles. The smallest absolute Gasteiger partial charge is 0.277 e. The second-order valence-electron chi connectivity index (χ2n) is 6.61. The van der Waals surface area contributed by atoms with Crippen molar-refractivity contribution in [3.05, 3.63) is 71.6 Å². The van der Waals surface area contributed by atoms with Crippen LogP contribution in [0.1, 0.15) is 28.2 Å².